The molecule has 0 saturated carbocycles. The summed E-state index contributed by atoms with van der Waals surface area (Å²) >= 11 is 7.76. The molecule has 1 atom stereocenters. The zero-order valence-electron chi connectivity index (χ0n) is 14.3. The largest absolute Gasteiger partial charge is 0.341 e. The number of nitrogens with one attached hydrogen (secondary N) is 1. The molecule has 1 aromatic carbocycles. The summed E-state index contributed by atoms with van der Waals surface area (Å²) in [6, 6.07) is 6.42. The number of carbonyl (C=O) groups excluding carboxylic acids is 2. The third-order valence-electron chi connectivity index (χ3n) is 4.43. The maximum atomic E-state index is 12.8. The monoisotopic (exact) mass is 368 g/mol. The number of piperidine rings is 1. The van der Waals surface area contributed by atoms with Crippen LogP contribution in [0.3, 0.4) is 0 Å². The fourth-order valence-corrected chi connectivity index (χ4v) is 3.52. The molecule has 1 aliphatic rings. The van der Waals surface area contributed by atoms with Crippen LogP contribution in [0.25, 0.3) is 0 Å². The van der Waals surface area contributed by atoms with Crippen LogP contribution in [0.15, 0.2) is 24.3 Å². The molecule has 1 aliphatic heterocycles. The van der Waals surface area contributed by atoms with Gasteiger partial charge in [-0.15, -0.1) is 0 Å². The van der Waals surface area contributed by atoms with E-state index in [4.69, 9.17) is 11.6 Å². The summed E-state index contributed by atoms with van der Waals surface area (Å²) < 4.78 is 0. The molecule has 4 nitrogen and oxygen atoms in total. The Morgan fingerprint density at radius 3 is 2.62 bits per heavy atom. The minimum atomic E-state index is -0.491. The first-order valence-corrected chi connectivity index (χ1v) is 10.1. The second-order valence-corrected chi connectivity index (χ2v) is 7.69. The first kappa shape index (κ1) is 19.1. The van der Waals surface area contributed by atoms with Crippen molar-refractivity contribution < 1.29 is 9.59 Å². The van der Waals surface area contributed by atoms with E-state index in [1.54, 1.807) is 36.0 Å². The normalized spacial score (nSPS) is 16.7. The zero-order chi connectivity index (χ0) is 17.5. The van der Waals surface area contributed by atoms with E-state index in [0.717, 1.165) is 31.7 Å². The van der Waals surface area contributed by atoms with E-state index in [0.29, 0.717) is 22.9 Å². The number of rotatable bonds is 6. The number of likely N-dealkylation sites (tertiary alicyclic amines) is 1. The average Bonchev–Trinajstić information content (AvgIpc) is 2.59. The molecule has 1 aromatic rings. The van der Waals surface area contributed by atoms with Crippen LogP contribution >= 0.6 is 23.4 Å². The van der Waals surface area contributed by atoms with Gasteiger partial charge < -0.3 is 10.2 Å². The Hall–Kier alpha value is -1.20. The molecule has 0 radical (unpaired) electrons. The van der Waals surface area contributed by atoms with E-state index in [2.05, 4.69) is 12.2 Å². The lowest BCUT2D eigenvalue weighted by atomic mass is 9.98. The SMILES string of the molecule is CSCCC(NC(=O)c1ccccc1Cl)C(=O)N1CCC(C)CC1. The number of amides is 2. The highest BCUT2D eigenvalue weighted by Gasteiger charge is 2.28. The van der Waals surface area contributed by atoms with Crippen LogP contribution in [0.4, 0.5) is 0 Å². The van der Waals surface area contributed by atoms with Gasteiger partial charge in [0.15, 0.2) is 0 Å². The highest BCUT2D eigenvalue weighted by Crippen LogP contribution is 2.19. The molecule has 1 fully saturated rings. The van der Waals surface area contributed by atoms with Gasteiger partial charge in [0.1, 0.15) is 6.04 Å². The minimum absolute atomic E-state index is 0.0244. The van der Waals surface area contributed by atoms with Gasteiger partial charge in [0.05, 0.1) is 10.6 Å². The standard InChI is InChI=1S/C18H25ClN2O2S/c1-13-7-10-21(11-8-13)18(23)16(9-12-24-2)20-17(22)14-5-3-4-6-15(14)19/h3-6,13,16H,7-12H2,1-2H3,(H,20,22). The maximum absolute atomic E-state index is 12.8. The van der Waals surface area contributed by atoms with Gasteiger partial charge in [-0.1, -0.05) is 30.7 Å². The van der Waals surface area contributed by atoms with E-state index in [1.165, 1.54) is 0 Å². The molecule has 132 valence electrons. The van der Waals surface area contributed by atoms with Crippen molar-refractivity contribution in [3.63, 3.8) is 0 Å². The summed E-state index contributed by atoms with van der Waals surface area (Å²) in [5, 5.41) is 3.29. The van der Waals surface area contributed by atoms with Crippen molar-refractivity contribution in [1.82, 2.24) is 10.2 Å². The van der Waals surface area contributed by atoms with Crippen LogP contribution in [0.5, 0.6) is 0 Å². The van der Waals surface area contributed by atoms with Crippen molar-refractivity contribution in [3.8, 4) is 0 Å². The maximum Gasteiger partial charge on any atom is 0.253 e. The topological polar surface area (TPSA) is 49.4 Å². The Morgan fingerprint density at radius 1 is 1.33 bits per heavy atom. The van der Waals surface area contributed by atoms with Crippen molar-refractivity contribution in [2.45, 2.75) is 32.2 Å². The summed E-state index contributed by atoms with van der Waals surface area (Å²) in [5.74, 6) is 1.22. The number of thioether (sulfide) groups is 1. The second-order valence-electron chi connectivity index (χ2n) is 6.30. The number of carbonyl (C=O) groups is 2. The third-order valence-corrected chi connectivity index (χ3v) is 5.40. The Kier molecular flexibility index (Phi) is 7.43. The number of hydrogen-bond acceptors (Lipinski definition) is 3. The molecule has 0 bridgehead atoms. The molecule has 2 rings (SSSR count). The van der Waals surface area contributed by atoms with Crippen molar-refractivity contribution in [3.05, 3.63) is 34.9 Å². The summed E-state index contributed by atoms with van der Waals surface area (Å²) in [4.78, 5) is 27.2. The van der Waals surface area contributed by atoms with Gasteiger partial charge in [-0.05, 0) is 49.3 Å². The van der Waals surface area contributed by atoms with Crippen LogP contribution in [0.1, 0.15) is 36.5 Å². The fraction of sp³-hybridized carbons (Fsp3) is 0.556. The third kappa shape index (κ3) is 5.15. The van der Waals surface area contributed by atoms with Gasteiger partial charge >= 0.3 is 0 Å². The van der Waals surface area contributed by atoms with E-state index >= 15 is 0 Å². The summed E-state index contributed by atoms with van der Waals surface area (Å²) in [5.41, 5.74) is 0.411. The molecular weight excluding hydrogens is 344 g/mol. The number of benzene rings is 1. The van der Waals surface area contributed by atoms with Crippen LogP contribution in [0, 0.1) is 5.92 Å². The lowest BCUT2D eigenvalue weighted by Crippen LogP contribution is -2.50. The van der Waals surface area contributed by atoms with Crippen LogP contribution in [-0.4, -0.2) is 47.9 Å². The number of nitrogens with zero attached hydrogens (tertiary/aromatic N) is 1. The highest BCUT2D eigenvalue weighted by atomic mass is 35.5. The molecule has 6 heteroatoms. The highest BCUT2D eigenvalue weighted by molar-refractivity contribution is 7.98. The Bertz CT molecular complexity index is 574. The second kappa shape index (κ2) is 9.33. The van der Waals surface area contributed by atoms with Gasteiger partial charge in [-0.2, -0.15) is 11.8 Å². The van der Waals surface area contributed by atoms with Crippen molar-refractivity contribution >= 4 is 35.2 Å². The van der Waals surface area contributed by atoms with Crippen molar-refractivity contribution in [1.29, 1.82) is 0 Å². The van der Waals surface area contributed by atoms with Gasteiger partial charge in [0.2, 0.25) is 5.91 Å². The van der Waals surface area contributed by atoms with Gasteiger partial charge in [0.25, 0.3) is 5.91 Å². The molecule has 2 amide bonds. The number of halogens is 1. The molecule has 0 spiro atoms. The van der Waals surface area contributed by atoms with E-state index in [1.807, 2.05) is 11.2 Å². The van der Waals surface area contributed by atoms with Gasteiger partial charge in [-0.25, -0.2) is 0 Å². The predicted octanol–water partition coefficient (Wildman–Crippen LogP) is 3.45. The van der Waals surface area contributed by atoms with E-state index in [9.17, 15) is 9.59 Å². The molecule has 1 N–H and O–H groups in total. The molecule has 0 aliphatic carbocycles. The minimum Gasteiger partial charge on any atom is -0.341 e. The van der Waals surface area contributed by atoms with Crippen LogP contribution in [-0.2, 0) is 4.79 Å². The summed E-state index contributed by atoms with van der Waals surface area (Å²) in [7, 11) is 0. The average molecular weight is 369 g/mol. The molecule has 1 unspecified atom stereocenters. The smallest absolute Gasteiger partial charge is 0.253 e. The van der Waals surface area contributed by atoms with Crippen molar-refractivity contribution in [2.24, 2.45) is 5.92 Å². The Morgan fingerprint density at radius 2 is 2.00 bits per heavy atom. The Labute approximate surface area is 153 Å². The van der Waals surface area contributed by atoms with Crippen molar-refractivity contribution in [2.75, 3.05) is 25.1 Å². The fourth-order valence-electron chi connectivity index (χ4n) is 2.82. The summed E-state index contributed by atoms with van der Waals surface area (Å²) in [6.07, 6.45) is 4.68. The van der Waals surface area contributed by atoms with E-state index in [-0.39, 0.29) is 11.8 Å². The first-order chi connectivity index (χ1) is 11.5. The first-order valence-electron chi connectivity index (χ1n) is 8.36. The van der Waals surface area contributed by atoms with Crippen LogP contribution < -0.4 is 5.32 Å². The molecule has 0 aromatic heterocycles. The molecular formula is C18H25ClN2O2S. The lowest BCUT2D eigenvalue weighted by molar-refractivity contribution is -0.134. The molecule has 24 heavy (non-hydrogen) atoms. The summed E-state index contributed by atoms with van der Waals surface area (Å²) in [6.45, 7) is 3.77. The number of hydrogen-bond donors (Lipinski definition) is 1. The molecule has 1 saturated heterocycles. The molecule has 1 heterocycles. The van der Waals surface area contributed by atoms with E-state index < -0.39 is 6.04 Å². The van der Waals surface area contributed by atoms with Gasteiger partial charge in [0, 0.05) is 13.1 Å². The van der Waals surface area contributed by atoms with Gasteiger partial charge in [-0.3, -0.25) is 9.59 Å². The quantitative estimate of drug-likeness (QED) is 0.836. The lowest BCUT2D eigenvalue weighted by Gasteiger charge is -2.33. The predicted molar refractivity (Wildman–Crippen MR) is 101 cm³/mol. The van der Waals surface area contributed by atoms with Crippen LogP contribution in [0.2, 0.25) is 5.02 Å². The Balaban J connectivity index is 2.06. The zero-order valence-corrected chi connectivity index (χ0v) is 15.8.